The van der Waals surface area contributed by atoms with Crippen molar-refractivity contribution in [3.8, 4) is 6.07 Å². The lowest BCUT2D eigenvalue weighted by Gasteiger charge is -2.19. The molecule has 2 aromatic rings. The SMILES string of the molecule is CN(c1cccc(C#N)c1)S(=O)(=O)CCc1ccncc1. The summed E-state index contributed by atoms with van der Waals surface area (Å²) in [7, 11) is -1.93. The zero-order chi connectivity index (χ0) is 15.3. The predicted octanol–water partition coefficient (Wildman–Crippen LogP) is 1.96. The molecular weight excluding hydrogens is 286 g/mol. The van der Waals surface area contributed by atoms with Crippen LogP contribution in [0.4, 0.5) is 5.69 Å². The Balaban J connectivity index is 2.13. The second-order valence-electron chi connectivity index (χ2n) is 4.55. The van der Waals surface area contributed by atoms with Crippen LogP contribution in [0.5, 0.6) is 0 Å². The van der Waals surface area contributed by atoms with Gasteiger partial charge in [-0.15, -0.1) is 0 Å². The molecular formula is C15H15N3O2S. The molecule has 1 aromatic heterocycles. The maximum atomic E-state index is 12.3. The summed E-state index contributed by atoms with van der Waals surface area (Å²) in [4.78, 5) is 3.90. The smallest absolute Gasteiger partial charge is 0.235 e. The van der Waals surface area contributed by atoms with E-state index < -0.39 is 10.0 Å². The molecule has 0 aliphatic heterocycles. The van der Waals surface area contributed by atoms with Crippen molar-refractivity contribution in [2.24, 2.45) is 0 Å². The quantitative estimate of drug-likeness (QED) is 0.846. The van der Waals surface area contributed by atoms with Gasteiger partial charge < -0.3 is 0 Å². The number of aromatic nitrogens is 1. The fourth-order valence-electron chi connectivity index (χ4n) is 1.87. The maximum absolute atomic E-state index is 12.3. The van der Waals surface area contributed by atoms with Crippen molar-refractivity contribution in [1.82, 2.24) is 4.98 Å². The molecule has 108 valence electrons. The molecule has 2 rings (SSSR count). The number of pyridine rings is 1. The first-order chi connectivity index (χ1) is 10.0. The molecule has 1 aromatic carbocycles. The number of sulfonamides is 1. The van der Waals surface area contributed by atoms with Crippen molar-refractivity contribution in [2.75, 3.05) is 17.1 Å². The highest BCUT2D eigenvalue weighted by Crippen LogP contribution is 2.18. The summed E-state index contributed by atoms with van der Waals surface area (Å²) in [6, 6.07) is 12.1. The number of aryl methyl sites for hydroxylation is 1. The van der Waals surface area contributed by atoms with Crippen LogP contribution in [0.25, 0.3) is 0 Å². The summed E-state index contributed by atoms with van der Waals surface area (Å²) in [5.41, 5.74) is 1.85. The second-order valence-corrected chi connectivity index (χ2v) is 6.67. The normalized spacial score (nSPS) is 10.9. The van der Waals surface area contributed by atoms with E-state index >= 15 is 0 Å². The minimum atomic E-state index is -3.43. The van der Waals surface area contributed by atoms with Gasteiger partial charge in [-0.1, -0.05) is 6.07 Å². The van der Waals surface area contributed by atoms with Gasteiger partial charge in [-0.3, -0.25) is 9.29 Å². The van der Waals surface area contributed by atoms with Crippen LogP contribution in [0, 0.1) is 11.3 Å². The molecule has 0 spiro atoms. The fourth-order valence-corrected chi connectivity index (χ4v) is 3.07. The number of nitriles is 1. The van der Waals surface area contributed by atoms with Crippen LogP contribution < -0.4 is 4.31 Å². The molecule has 0 unspecified atom stereocenters. The molecule has 0 amide bonds. The molecule has 6 heteroatoms. The van der Waals surface area contributed by atoms with E-state index in [2.05, 4.69) is 4.98 Å². The van der Waals surface area contributed by atoms with Crippen molar-refractivity contribution in [3.05, 3.63) is 59.9 Å². The second kappa shape index (κ2) is 6.37. The highest BCUT2D eigenvalue weighted by atomic mass is 32.2. The fraction of sp³-hybridized carbons (Fsp3) is 0.200. The third-order valence-corrected chi connectivity index (χ3v) is 4.92. The maximum Gasteiger partial charge on any atom is 0.235 e. The van der Waals surface area contributed by atoms with E-state index in [0.29, 0.717) is 17.7 Å². The van der Waals surface area contributed by atoms with Crippen molar-refractivity contribution < 1.29 is 8.42 Å². The Hall–Kier alpha value is -2.39. The van der Waals surface area contributed by atoms with Gasteiger partial charge in [0.05, 0.1) is 23.1 Å². The van der Waals surface area contributed by atoms with Crippen LogP contribution in [0.1, 0.15) is 11.1 Å². The molecule has 0 radical (unpaired) electrons. The van der Waals surface area contributed by atoms with Crippen molar-refractivity contribution in [1.29, 1.82) is 5.26 Å². The summed E-state index contributed by atoms with van der Waals surface area (Å²) < 4.78 is 25.9. The zero-order valence-electron chi connectivity index (χ0n) is 11.6. The van der Waals surface area contributed by atoms with Gasteiger partial charge in [-0.05, 0) is 42.3 Å². The van der Waals surface area contributed by atoms with Crippen LogP contribution in [0.2, 0.25) is 0 Å². The molecule has 0 saturated carbocycles. The molecule has 0 atom stereocenters. The summed E-state index contributed by atoms with van der Waals surface area (Å²) >= 11 is 0. The van der Waals surface area contributed by atoms with Gasteiger partial charge >= 0.3 is 0 Å². The third kappa shape index (κ3) is 3.80. The zero-order valence-corrected chi connectivity index (χ0v) is 12.4. The number of rotatable bonds is 5. The summed E-state index contributed by atoms with van der Waals surface area (Å²) in [6.07, 6.45) is 3.71. The van der Waals surface area contributed by atoms with E-state index in [1.165, 1.54) is 11.4 Å². The number of hydrogen-bond donors (Lipinski definition) is 0. The first kappa shape index (κ1) is 15.0. The highest BCUT2D eigenvalue weighted by Gasteiger charge is 2.18. The summed E-state index contributed by atoms with van der Waals surface area (Å²) in [5.74, 6) is 0.00426. The Morgan fingerprint density at radius 1 is 1.24 bits per heavy atom. The van der Waals surface area contributed by atoms with Gasteiger partial charge in [0.15, 0.2) is 0 Å². The highest BCUT2D eigenvalue weighted by molar-refractivity contribution is 7.92. The third-order valence-electron chi connectivity index (χ3n) is 3.15. The predicted molar refractivity (Wildman–Crippen MR) is 81.3 cm³/mol. The molecule has 0 bridgehead atoms. The molecule has 5 nitrogen and oxygen atoms in total. The lowest BCUT2D eigenvalue weighted by Crippen LogP contribution is -2.29. The minimum Gasteiger partial charge on any atom is -0.273 e. The first-order valence-corrected chi connectivity index (χ1v) is 7.99. The molecule has 0 fully saturated rings. The van der Waals surface area contributed by atoms with E-state index in [-0.39, 0.29) is 5.75 Å². The van der Waals surface area contributed by atoms with Crippen LogP contribution in [0.3, 0.4) is 0 Å². The van der Waals surface area contributed by atoms with Gasteiger partial charge in [-0.25, -0.2) is 8.42 Å². The Kier molecular flexibility index (Phi) is 4.55. The topological polar surface area (TPSA) is 74.1 Å². The molecule has 0 saturated heterocycles. The monoisotopic (exact) mass is 301 g/mol. The average molecular weight is 301 g/mol. The van der Waals surface area contributed by atoms with E-state index in [1.54, 1.807) is 48.8 Å². The molecule has 0 N–H and O–H groups in total. The van der Waals surface area contributed by atoms with Crippen molar-refractivity contribution in [3.63, 3.8) is 0 Å². The Morgan fingerprint density at radius 2 is 1.95 bits per heavy atom. The largest absolute Gasteiger partial charge is 0.273 e. The van der Waals surface area contributed by atoms with Crippen LogP contribution in [0.15, 0.2) is 48.8 Å². The first-order valence-electron chi connectivity index (χ1n) is 6.38. The van der Waals surface area contributed by atoms with E-state index in [0.717, 1.165) is 5.56 Å². The Morgan fingerprint density at radius 3 is 2.62 bits per heavy atom. The molecule has 0 aliphatic carbocycles. The van der Waals surface area contributed by atoms with Gasteiger partial charge in [-0.2, -0.15) is 5.26 Å². The number of hydrogen-bond acceptors (Lipinski definition) is 4. The van der Waals surface area contributed by atoms with Gasteiger partial charge in [0.1, 0.15) is 0 Å². The van der Waals surface area contributed by atoms with Gasteiger partial charge in [0, 0.05) is 19.4 Å². The minimum absolute atomic E-state index is 0.00426. The Labute approximate surface area is 124 Å². The standard InChI is InChI=1S/C15H15N3O2S/c1-18(15-4-2-3-14(11-15)12-16)21(19,20)10-7-13-5-8-17-9-6-13/h2-6,8-9,11H,7,10H2,1H3. The summed E-state index contributed by atoms with van der Waals surface area (Å²) in [6.45, 7) is 0. The van der Waals surface area contributed by atoms with Crippen LogP contribution >= 0.6 is 0 Å². The Bertz CT molecular complexity index is 752. The van der Waals surface area contributed by atoms with Gasteiger partial charge in [0.2, 0.25) is 10.0 Å². The molecule has 0 aliphatic rings. The number of benzene rings is 1. The molecule has 21 heavy (non-hydrogen) atoms. The number of anilines is 1. The van der Waals surface area contributed by atoms with Crippen molar-refractivity contribution in [2.45, 2.75) is 6.42 Å². The van der Waals surface area contributed by atoms with Crippen LogP contribution in [-0.4, -0.2) is 26.2 Å². The molecule has 1 heterocycles. The van der Waals surface area contributed by atoms with E-state index in [1.807, 2.05) is 6.07 Å². The lowest BCUT2D eigenvalue weighted by molar-refractivity contribution is 0.593. The van der Waals surface area contributed by atoms with E-state index in [9.17, 15) is 8.42 Å². The van der Waals surface area contributed by atoms with Crippen LogP contribution in [-0.2, 0) is 16.4 Å². The van der Waals surface area contributed by atoms with Crippen molar-refractivity contribution >= 4 is 15.7 Å². The number of nitrogens with zero attached hydrogens (tertiary/aromatic N) is 3. The average Bonchev–Trinajstić information content (AvgIpc) is 2.53. The van der Waals surface area contributed by atoms with Gasteiger partial charge in [0.25, 0.3) is 0 Å². The summed E-state index contributed by atoms with van der Waals surface area (Å²) in [5, 5.41) is 8.87. The van der Waals surface area contributed by atoms with E-state index in [4.69, 9.17) is 5.26 Å². The lowest BCUT2D eigenvalue weighted by atomic mass is 10.2.